The van der Waals surface area contributed by atoms with Gasteiger partial charge in [0.1, 0.15) is 13.3 Å². The summed E-state index contributed by atoms with van der Waals surface area (Å²) in [4.78, 5) is 31.0. The third-order valence-corrected chi connectivity index (χ3v) is 5.67. The number of amides is 2. The van der Waals surface area contributed by atoms with Crippen molar-refractivity contribution in [3.05, 3.63) is 34.9 Å². The number of aryl methyl sites for hydroxylation is 2. The van der Waals surface area contributed by atoms with E-state index in [0.29, 0.717) is 45.7 Å². The summed E-state index contributed by atoms with van der Waals surface area (Å²) in [5.41, 5.74) is 3.36. The Hall–Kier alpha value is -1.99. The van der Waals surface area contributed by atoms with Gasteiger partial charge in [0.05, 0.1) is 12.5 Å². The largest absolute Gasteiger partial charge is 0.375 e. The second kappa shape index (κ2) is 11.3. The fourth-order valence-corrected chi connectivity index (χ4v) is 3.77. The first-order valence-corrected chi connectivity index (χ1v) is 10.3. The second-order valence-corrected chi connectivity index (χ2v) is 7.69. The number of benzene rings is 1. The maximum Gasteiger partial charge on any atom is 0.248 e. The van der Waals surface area contributed by atoms with Crippen molar-refractivity contribution < 1.29 is 18.7 Å². The van der Waals surface area contributed by atoms with Gasteiger partial charge in [-0.15, -0.1) is 0 Å². The van der Waals surface area contributed by atoms with E-state index in [-0.39, 0.29) is 24.5 Å². The van der Waals surface area contributed by atoms with Gasteiger partial charge in [0, 0.05) is 39.8 Å². The fraction of sp³-hybridized carbons (Fsp3) is 0.636. The Morgan fingerprint density at radius 3 is 2.59 bits per heavy atom. The van der Waals surface area contributed by atoms with E-state index in [1.54, 1.807) is 4.90 Å². The van der Waals surface area contributed by atoms with Gasteiger partial charge >= 0.3 is 0 Å². The number of carbonyl (C=O) groups excluding carboxylic acids is 2. The molecule has 1 heterocycles. The van der Waals surface area contributed by atoms with Crippen molar-refractivity contribution in [3.8, 4) is 0 Å². The van der Waals surface area contributed by atoms with Gasteiger partial charge in [-0.05, 0) is 37.1 Å². The summed E-state index contributed by atoms with van der Waals surface area (Å²) >= 11 is 0. The molecular weight excluding hydrogens is 373 g/mol. The summed E-state index contributed by atoms with van der Waals surface area (Å²) < 4.78 is 17.9. The van der Waals surface area contributed by atoms with Crippen molar-refractivity contribution >= 4 is 11.8 Å². The lowest BCUT2D eigenvalue weighted by molar-refractivity contribution is -0.145. The number of rotatable bonds is 9. The Balaban J connectivity index is 2.13. The van der Waals surface area contributed by atoms with Crippen LogP contribution in [0.25, 0.3) is 0 Å². The lowest BCUT2D eigenvalue weighted by Gasteiger charge is -2.43. The molecule has 0 aromatic heterocycles. The molecule has 0 spiro atoms. The molecule has 1 aromatic carbocycles. The normalized spacial score (nSPS) is 17.1. The van der Waals surface area contributed by atoms with Gasteiger partial charge in [-0.1, -0.05) is 25.1 Å². The molecule has 0 N–H and O–H groups in total. The van der Waals surface area contributed by atoms with Crippen LogP contribution in [0, 0.1) is 13.8 Å². The summed E-state index contributed by atoms with van der Waals surface area (Å²) in [5, 5.41) is 0. The Morgan fingerprint density at radius 1 is 1.21 bits per heavy atom. The van der Waals surface area contributed by atoms with E-state index in [1.807, 2.05) is 35.8 Å². The summed E-state index contributed by atoms with van der Waals surface area (Å²) in [6.07, 6.45) is 0.332. The van der Waals surface area contributed by atoms with E-state index in [0.717, 1.165) is 5.56 Å². The lowest BCUT2D eigenvalue weighted by atomic mass is 10.0. The Kier molecular flexibility index (Phi) is 9.04. The number of halogens is 1. The SMILES string of the molecule is CCN(CCF)C[C@@H]1CN(C(=O)COC)CCN1C(=O)Cc1ccc(C)c(C)c1. The first-order valence-electron chi connectivity index (χ1n) is 10.3. The Labute approximate surface area is 173 Å². The van der Waals surface area contributed by atoms with Gasteiger partial charge in [-0.3, -0.25) is 14.5 Å². The first kappa shape index (κ1) is 23.3. The number of ether oxygens (including phenoxy) is 1. The highest BCUT2D eigenvalue weighted by Gasteiger charge is 2.33. The van der Waals surface area contributed by atoms with Crippen LogP contribution in [-0.4, -0.2) is 92.2 Å². The number of nitrogens with zero attached hydrogens (tertiary/aromatic N) is 3. The zero-order valence-electron chi connectivity index (χ0n) is 18.1. The van der Waals surface area contributed by atoms with Crippen LogP contribution in [0.2, 0.25) is 0 Å². The Bertz CT molecular complexity index is 698. The molecule has 0 aliphatic carbocycles. The van der Waals surface area contributed by atoms with Crippen molar-refractivity contribution in [3.63, 3.8) is 0 Å². The number of hydrogen-bond acceptors (Lipinski definition) is 4. The first-order chi connectivity index (χ1) is 13.9. The molecule has 1 atom stereocenters. The van der Waals surface area contributed by atoms with Gasteiger partial charge in [0.15, 0.2) is 0 Å². The fourth-order valence-electron chi connectivity index (χ4n) is 3.77. The smallest absolute Gasteiger partial charge is 0.248 e. The molecule has 1 aliphatic heterocycles. The molecule has 0 saturated carbocycles. The zero-order valence-corrected chi connectivity index (χ0v) is 18.1. The molecule has 162 valence electrons. The summed E-state index contributed by atoms with van der Waals surface area (Å²) in [6, 6.07) is 5.93. The molecule has 6 nitrogen and oxygen atoms in total. The van der Waals surface area contributed by atoms with Crippen LogP contribution < -0.4 is 0 Å². The van der Waals surface area contributed by atoms with Crippen molar-refractivity contribution in [2.24, 2.45) is 0 Å². The number of likely N-dealkylation sites (N-methyl/N-ethyl adjacent to an activating group) is 1. The van der Waals surface area contributed by atoms with Gasteiger partial charge < -0.3 is 14.5 Å². The molecule has 1 saturated heterocycles. The number of alkyl halides is 1. The summed E-state index contributed by atoms with van der Waals surface area (Å²) in [5.74, 6) is -0.0271. The van der Waals surface area contributed by atoms with Crippen LogP contribution in [0.5, 0.6) is 0 Å². The molecule has 0 radical (unpaired) electrons. The molecule has 7 heteroatoms. The second-order valence-electron chi connectivity index (χ2n) is 7.69. The molecule has 0 bridgehead atoms. The predicted octanol–water partition coefficient (Wildman–Crippen LogP) is 1.82. The average molecular weight is 408 g/mol. The molecule has 1 fully saturated rings. The quantitative estimate of drug-likeness (QED) is 0.627. The van der Waals surface area contributed by atoms with Crippen molar-refractivity contribution in [1.29, 1.82) is 0 Å². The average Bonchev–Trinajstić information content (AvgIpc) is 2.70. The number of carbonyl (C=O) groups is 2. The lowest BCUT2D eigenvalue weighted by Crippen LogP contribution is -2.60. The summed E-state index contributed by atoms with van der Waals surface area (Å²) in [7, 11) is 1.50. The van der Waals surface area contributed by atoms with E-state index in [9.17, 15) is 14.0 Å². The molecule has 29 heavy (non-hydrogen) atoms. The molecule has 2 rings (SSSR count). The topological polar surface area (TPSA) is 53.1 Å². The highest BCUT2D eigenvalue weighted by atomic mass is 19.1. The van der Waals surface area contributed by atoms with Crippen molar-refractivity contribution in [2.45, 2.75) is 33.2 Å². The third-order valence-electron chi connectivity index (χ3n) is 5.67. The van der Waals surface area contributed by atoms with Crippen LogP contribution >= 0.6 is 0 Å². The Morgan fingerprint density at radius 2 is 1.97 bits per heavy atom. The minimum Gasteiger partial charge on any atom is -0.375 e. The van der Waals surface area contributed by atoms with Crippen LogP contribution in [0.3, 0.4) is 0 Å². The molecule has 1 aromatic rings. The molecular formula is C22H34FN3O3. The van der Waals surface area contributed by atoms with E-state index in [2.05, 4.69) is 13.0 Å². The number of methoxy groups -OCH3 is 1. The highest BCUT2D eigenvalue weighted by Crippen LogP contribution is 2.16. The molecule has 1 aliphatic rings. The van der Waals surface area contributed by atoms with E-state index in [4.69, 9.17) is 4.74 Å². The standard InChI is InChI=1S/C22H34FN3O3/c1-5-24(9-8-23)14-20-15-25(22(28)16-29-4)10-11-26(20)21(27)13-19-7-6-17(2)18(3)12-19/h6-7,12,20H,5,8-11,13-16H2,1-4H3/t20-/m1/s1. The predicted molar refractivity (Wildman–Crippen MR) is 112 cm³/mol. The third kappa shape index (κ3) is 6.51. The monoisotopic (exact) mass is 407 g/mol. The maximum absolute atomic E-state index is 13.1. The highest BCUT2D eigenvalue weighted by molar-refractivity contribution is 5.81. The van der Waals surface area contributed by atoms with Crippen molar-refractivity contribution in [2.75, 3.05) is 59.7 Å². The molecule has 2 amide bonds. The van der Waals surface area contributed by atoms with Gasteiger partial charge in [-0.25, -0.2) is 4.39 Å². The summed E-state index contributed by atoms with van der Waals surface area (Å²) in [6.45, 7) is 8.69. The minimum atomic E-state index is -0.427. The number of hydrogen-bond donors (Lipinski definition) is 0. The van der Waals surface area contributed by atoms with Crippen LogP contribution in [0.1, 0.15) is 23.6 Å². The van der Waals surface area contributed by atoms with Crippen LogP contribution in [-0.2, 0) is 20.7 Å². The van der Waals surface area contributed by atoms with Gasteiger partial charge in [0.25, 0.3) is 0 Å². The van der Waals surface area contributed by atoms with Gasteiger partial charge in [-0.2, -0.15) is 0 Å². The van der Waals surface area contributed by atoms with Crippen LogP contribution in [0.4, 0.5) is 4.39 Å². The maximum atomic E-state index is 13.1. The van der Waals surface area contributed by atoms with Crippen LogP contribution in [0.15, 0.2) is 18.2 Å². The van der Waals surface area contributed by atoms with Gasteiger partial charge in [0.2, 0.25) is 11.8 Å². The number of piperazine rings is 1. The van der Waals surface area contributed by atoms with E-state index in [1.165, 1.54) is 18.2 Å². The van der Waals surface area contributed by atoms with E-state index < -0.39 is 6.67 Å². The minimum absolute atomic E-state index is 0.0330. The zero-order chi connectivity index (χ0) is 21.4. The molecule has 0 unspecified atom stereocenters. The van der Waals surface area contributed by atoms with E-state index >= 15 is 0 Å². The van der Waals surface area contributed by atoms with Crippen molar-refractivity contribution in [1.82, 2.24) is 14.7 Å².